The quantitative estimate of drug-likeness (QED) is 0.770. The Morgan fingerprint density at radius 1 is 1.30 bits per heavy atom. The number of halogens is 1. The Bertz CT molecular complexity index is 640. The van der Waals surface area contributed by atoms with Gasteiger partial charge in [-0.2, -0.15) is 0 Å². The third-order valence-corrected chi connectivity index (χ3v) is 3.53. The van der Waals surface area contributed by atoms with Gasteiger partial charge < -0.3 is 19.9 Å². The minimum Gasteiger partial charge on any atom is -0.491 e. The van der Waals surface area contributed by atoms with Gasteiger partial charge in [0.15, 0.2) is 0 Å². The highest BCUT2D eigenvalue weighted by atomic mass is 35.5. The van der Waals surface area contributed by atoms with E-state index < -0.39 is 6.10 Å². The third-order valence-electron chi connectivity index (χ3n) is 3.11. The molecule has 1 unspecified atom stereocenters. The molecule has 0 saturated heterocycles. The summed E-state index contributed by atoms with van der Waals surface area (Å²) in [6.07, 6.45) is 0.780. The first-order valence-corrected chi connectivity index (χ1v) is 7.57. The molecule has 7 heteroatoms. The molecule has 2 rings (SSSR count). The van der Waals surface area contributed by atoms with Crippen LogP contribution in [0.2, 0.25) is 5.02 Å². The summed E-state index contributed by atoms with van der Waals surface area (Å²) in [5, 5.41) is 13.7. The van der Waals surface area contributed by atoms with Crippen molar-refractivity contribution in [1.82, 2.24) is 9.97 Å². The second kappa shape index (κ2) is 8.67. The number of hydrogen-bond acceptors (Lipinski definition) is 6. The zero-order valence-electron chi connectivity index (χ0n) is 13.1. The number of ether oxygens (including phenoxy) is 2. The minimum atomic E-state index is -0.674. The van der Waals surface area contributed by atoms with E-state index in [1.54, 1.807) is 25.3 Å². The molecule has 0 fully saturated rings. The highest BCUT2D eigenvalue weighted by molar-refractivity contribution is 6.31. The highest BCUT2D eigenvalue weighted by Crippen LogP contribution is 2.21. The van der Waals surface area contributed by atoms with Crippen LogP contribution in [0, 0.1) is 6.92 Å². The van der Waals surface area contributed by atoms with Gasteiger partial charge in [-0.15, -0.1) is 0 Å². The van der Waals surface area contributed by atoms with Crippen LogP contribution in [-0.4, -0.2) is 41.4 Å². The summed E-state index contributed by atoms with van der Waals surface area (Å²) in [6, 6.07) is 7.16. The third kappa shape index (κ3) is 5.67. The van der Waals surface area contributed by atoms with Crippen molar-refractivity contribution in [2.45, 2.75) is 19.6 Å². The van der Waals surface area contributed by atoms with Crippen molar-refractivity contribution in [1.29, 1.82) is 0 Å². The molecule has 0 aliphatic carbocycles. The fourth-order valence-corrected chi connectivity index (χ4v) is 2.02. The van der Waals surface area contributed by atoms with Crippen LogP contribution in [-0.2, 0) is 11.3 Å². The average Bonchev–Trinajstić information content (AvgIpc) is 2.55. The minimum absolute atomic E-state index is 0.171. The Hall–Kier alpha value is -1.89. The van der Waals surface area contributed by atoms with Crippen LogP contribution in [0.5, 0.6) is 5.75 Å². The zero-order chi connectivity index (χ0) is 16.7. The average molecular weight is 338 g/mol. The summed E-state index contributed by atoms with van der Waals surface area (Å²) in [5.74, 6) is 1.31. The summed E-state index contributed by atoms with van der Waals surface area (Å²) >= 11 is 5.96. The maximum absolute atomic E-state index is 9.99. The molecule has 0 aliphatic rings. The van der Waals surface area contributed by atoms with Crippen LogP contribution in [0.4, 0.5) is 5.82 Å². The summed E-state index contributed by atoms with van der Waals surface area (Å²) in [6.45, 7) is 2.80. The normalized spacial score (nSPS) is 12.0. The topological polar surface area (TPSA) is 76.5 Å². The summed E-state index contributed by atoms with van der Waals surface area (Å²) in [7, 11) is 1.61. The number of aliphatic hydroxyl groups is 1. The highest BCUT2D eigenvalue weighted by Gasteiger charge is 2.07. The van der Waals surface area contributed by atoms with Gasteiger partial charge in [-0.05, 0) is 30.7 Å². The number of methoxy groups -OCH3 is 1. The van der Waals surface area contributed by atoms with Crippen molar-refractivity contribution in [3.05, 3.63) is 46.9 Å². The summed E-state index contributed by atoms with van der Waals surface area (Å²) in [5.41, 5.74) is 1.70. The van der Waals surface area contributed by atoms with Crippen LogP contribution in [0.1, 0.15) is 11.3 Å². The number of aromatic nitrogens is 2. The second-order valence-corrected chi connectivity index (χ2v) is 5.49. The van der Waals surface area contributed by atoms with Gasteiger partial charge in [0.05, 0.1) is 12.3 Å². The first kappa shape index (κ1) is 17.5. The van der Waals surface area contributed by atoms with E-state index in [2.05, 4.69) is 15.3 Å². The van der Waals surface area contributed by atoms with E-state index in [1.165, 1.54) is 6.33 Å². The lowest BCUT2D eigenvalue weighted by atomic mass is 10.2. The van der Waals surface area contributed by atoms with Gasteiger partial charge in [-0.1, -0.05) is 11.6 Å². The maximum atomic E-state index is 9.99. The smallest absolute Gasteiger partial charge is 0.129 e. The predicted molar refractivity (Wildman–Crippen MR) is 88.9 cm³/mol. The van der Waals surface area contributed by atoms with Gasteiger partial charge in [0, 0.05) is 24.7 Å². The van der Waals surface area contributed by atoms with Crippen LogP contribution in [0.15, 0.2) is 30.6 Å². The van der Waals surface area contributed by atoms with Gasteiger partial charge in [0.2, 0.25) is 0 Å². The number of aliphatic hydroxyl groups excluding tert-OH is 1. The molecule has 1 heterocycles. The molecule has 23 heavy (non-hydrogen) atoms. The Labute approximate surface area is 140 Å². The van der Waals surface area contributed by atoms with E-state index in [4.69, 9.17) is 21.1 Å². The monoisotopic (exact) mass is 337 g/mol. The summed E-state index contributed by atoms with van der Waals surface area (Å²) < 4.78 is 10.6. The molecule has 1 atom stereocenters. The van der Waals surface area contributed by atoms with Crippen LogP contribution >= 0.6 is 11.6 Å². The molecule has 1 aromatic carbocycles. The van der Waals surface area contributed by atoms with E-state index in [0.717, 1.165) is 11.3 Å². The van der Waals surface area contributed by atoms with Crippen molar-refractivity contribution >= 4 is 17.4 Å². The van der Waals surface area contributed by atoms with Gasteiger partial charge in [-0.3, -0.25) is 0 Å². The number of rotatable bonds is 8. The molecule has 0 saturated carbocycles. The van der Waals surface area contributed by atoms with Crippen molar-refractivity contribution in [3.63, 3.8) is 0 Å². The predicted octanol–water partition coefficient (Wildman–Crippen LogP) is 2.44. The van der Waals surface area contributed by atoms with Crippen molar-refractivity contribution in [2.24, 2.45) is 0 Å². The molecule has 0 spiro atoms. The van der Waals surface area contributed by atoms with E-state index in [1.807, 2.05) is 13.0 Å². The van der Waals surface area contributed by atoms with E-state index in [9.17, 15) is 5.11 Å². The van der Waals surface area contributed by atoms with Crippen LogP contribution in [0.3, 0.4) is 0 Å². The Kier molecular flexibility index (Phi) is 6.58. The van der Waals surface area contributed by atoms with Crippen LogP contribution in [0.25, 0.3) is 0 Å². The van der Waals surface area contributed by atoms with Crippen molar-refractivity contribution < 1.29 is 14.6 Å². The molecule has 2 aromatic rings. The molecular weight excluding hydrogens is 318 g/mol. The number of anilines is 1. The van der Waals surface area contributed by atoms with E-state index in [-0.39, 0.29) is 6.61 Å². The van der Waals surface area contributed by atoms with Gasteiger partial charge in [-0.25, -0.2) is 9.97 Å². The molecule has 0 amide bonds. The molecule has 0 radical (unpaired) electrons. The fourth-order valence-electron chi connectivity index (χ4n) is 1.90. The Balaban J connectivity index is 1.79. The number of nitrogens with one attached hydrogen (secondary N) is 1. The second-order valence-electron chi connectivity index (χ2n) is 5.08. The van der Waals surface area contributed by atoms with Gasteiger partial charge >= 0.3 is 0 Å². The number of nitrogens with zero attached hydrogens (tertiary/aromatic N) is 2. The van der Waals surface area contributed by atoms with E-state index in [0.29, 0.717) is 29.7 Å². The number of aryl methyl sites for hydroxylation is 1. The van der Waals surface area contributed by atoms with Gasteiger partial charge in [0.25, 0.3) is 0 Å². The zero-order valence-corrected chi connectivity index (χ0v) is 13.9. The molecule has 2 N–H and O–H groups in total. The molecule has 0 aliphatic heterocycles. The Morgan fingerprint density at radius 3 is 2.87 bits per heavy atom. The molecule has 124 valence electrons. The number of benzene rings is 1. The SMILES string of the molecule is COCc1cc(NCC(O)COc2ccc(Cl)c(C)c2)ncn1. The van der Waals surface area contributed by atoms with Crippen molar-refractivity contribution in [2.75, 3.05) is 25.6 Å². The standard InChI is InChI=1S/C16H20ClN3O3/c1-11-5-14(3-4-15(11)17)23-9-13(21)7-18-16-6-12(8-22-2)19-10-20-16/h3-6,10,13,21H,7-9H2,1-2H3,(H,18,19,20). The molecular formula is C16H20ClN3O3. The number of hydrogen-bond donors (Lipinski definition) is 2. The lowest BCUT2D eigenvalue weighted by molar-refractivity contribution is 0.117. The first-order chi connectivity index (χ1) is 11.1. The molecule has 1 aromatic heterocycles. The fraction of sp³-hybridized carbons (Fsp3) is 0.375. The first-order valence-electron chi connectivity index (χ1n) is 7.19. The largest absolute Gasteiger partial charge is 0.491 e. The van der Waals surface area contributed by atoms with Crippen LogP contribution < -0.4 is 10.1 Å². The molecule has 0 bridgehead atoms. The van der Waals surface area contributed by atoms with E-state index >= 15 is 0 Å². The Morgan fingerprint density at radius 2 is 2.13 bits per heavy atom. The molecule has 6 nitrogen and oxygen atoms in total. The van der Waals surface area contributed by atoms with Gasteiger partial charge in [0.1, 0.15) is 30.6 Å². The lowest BCUT2D eigenvalue weighted by Crippen LogP contribution is -2.26. The lowest BCUT2D eigenvalue weighted by Gasteiger charge is -2.14. The maximum Gasteiger partial charge on any atom is 0.129 e. The van der Waals surface area contributed by atoms with Crippen molar-refractivity contribution in [3.8, 4) is 5.75 Å². The summed E-state index contributed by atoms with van der Waals surface area (Å²) in [4.78, 5) is 8.16.